The van der Waals surface area contributed by atoms with Crippen LogP contribution < -0.4 is 5.32 Å². The number of aliphatic hydroxyl groups is 2. The van der Waals surface area contributed by atoms with Crippen LogP contribution in [0.1, 0.15) is 226 Å². The molecule has 6 heteroatoms. The smallest absolute Gasteiger partial charge is 0.306 e. The molecule has 350 valence electrons. The van der Waals surface area contributed by atoms with Gasteiger partial charge in [0.2, 0.25) is 5.91 Å². The molecule has 0 aromatic heterocycles. The number of carbonyl (C=O) groups is 2. The fourth-order valence-electron chi connectivity index (χ4n) is 7.28. The Balaban J connectivity index is 4.61. The molecule has 3 atom stereocenters. The highest BCUT2D eigenvalue weighted by molar-refractivity contribution is 5.77. The minimum absolute atomic E-state index is 0.0313. The van der Waals surface area contributed by atoms with Crippen molar-refractivity contribution >= 4 is 11.9 Å². The maximum absolute atomic E-state index is 13.2. The highest BCUT2D eigenvalue weighted by Crippen LogP contribution is 2.17. The van der Waals surface area contributed by atoms with E-state index >= 15 is 0 Å². The standard InChI is InChI=1S/C55H95NO5/c1-4-7-10-13-16-19-22-25-26-27-28-30-32-35-38-41-44-47-53(58)52(50-57)56-54(59)49-51(46-43-40-37-34-31-24-21-18-15-12-9-6-3)61-55(60)48-45-42-39-36-33-29-23-20-17-14-11-8-5-2/h8-9,11-12,14,17-18,20-21,23,29,31,33-34,51-53,57-58H,4-7,10,13,15-16,19,22,24-28,30,32,35-50H2,1-3H3,(H,56,59)/b11-8+,12-9+,17-14+,21-18+,23-20-,33-29-,34-31+. The lowest BCUT2D eigenvalue weighted by Crippen LogP contribution is -2.46. The summed E-state index contributed by atoms with van der Waals surface area (Å²) in [5.74, 6) is -0.564. The van der Waals surface area contributed by atoms with Gasteiger partial charge in [0.1, 0.15) is 6.10 Å². The molecule has 0 rings (SSSR count). The maximum Gasteiger partial charge on any atom is 0.306 e. The van der Waals surface area contributed by atoms with Crippen LogP contribution in [0.5, 0.6) is 0 Å². The van der Waals surface area contributed by atoms with Crippen molar-refractivity contribution in [1.82, 2.24) is 5.32 Å². The number of aliphatic hydroxyl groups excluding tert-OH is 2. The van der Waals surface area contributed by atoms with Crippen molar-refractivity contribution in [3.63, 3.8) is 0 Å². The van der Waals surface area contributed by atoms with E-state index in [9.17, 15) is 19.8 Å². The molecular formula is C55H95NO5. The van der Waals surface area contributed by atoms with Crippen LogP contribution in [-0.4, -0.2) is 46.9 Å². The molecule has 1 amide bonds. The maximum atomic E-state index is 13.2. The summed E-state index contributed by atoms with van der Waals surface area (Å²) >= 11 is 0. The summed E-state index contributed by atoms with van der Waals surface area (Å²) in [6.45, 7) is 6.21. The van der Waals surface area contributed by atoms with Crippen molar-refractivity contribution in [2.45, 2.75) is 244 Å². The van der Waals surface area contributed by atoms with Crippen LogP contribution in [0.3, 0.4) is 0 Å². The number of carbonyl (C=O) groups excluding carboxylic acids is 2. The predicted molar refractivity (Wildman–Crippen MR) is 264 cm³/mol. The molecule has 0 fully saturated rings. The number of allylic oxidation sites excluding steroid dienone is 14. The summed E-state index contributed by atoms with van der Waals surface area (Å²) in [5, 5.41) is 23.8. The first-order valence-electron chi connectivity index (χ1n) is 25.4. The predicted octanol–water partition coefficient (Wildman–Crippen LogP) is 15.2. The molecule has 61 heavy (non-hydrogen) atoms. The van der Waals surface area contributed by atoms with E-state index in [1.54, 1.807) is 0 Å². The van der Waals surface area contributed by atoms with Gasteiger partial charge in [-0.2, -0.15) is 0 Å². The van der Waals surface area contributed by atoms with Gasteiger partial charge >= 0.3 is 5.97 Å². The summed E-state index contributed by atoms with van der Waals surface area (Å²) < 4.78 is 5.88. The molecule has 3 N–H and O–H groups in total. The van der Waals surface area contributed by atoms with Crippen molar-refractivity contribution in [2.75, 3.05) is 6.61 Å². The van der Waals surface area contributed by atoms with Crippen LogP contribution in [-0.2, 0) is 14.3 Å². The lowest BCUT2D eigenvalue weighted by Gasteiger charge is -2.24. The Labute approximate surface area is 376 Å². The second-order valence-electron chi connectivity index (χ2n) is 16.9. The van der Waals surface area contributed by atoms with E-state index in [-0.39, 0.29) is 24.9 Å². The highest BCUT2D eigenvalue weighted by atomic mass is 16.5. The molecule has 0 aromatic carbocycles. The van der Waals surface area contributed by atoms with Gasteiger partial charge in [0.05, 0.1) is 25.2 Å². The van der Waals surface area contributed by atoms with E-state index in [0.29, 0.717) is 19.3 Å². The Hall–Kier alpha value is -2.96. The zero-order chi connectivity index (χ0) is 44.5. The van der Waals surface area contributed by atoms with Gasteiger partial charge in [0.15, 0.2) is 0 Å². The van der Waals surface area contributed by atoms with Crippen molar-refractivity contribution in [3.8, 4) is 0 Å². The number of hydrogen-bond donors (Lipinski definition) is 3. The number of amides is 1. The average Bonchev–Trinajstić information content (AvgIpc) is 3.25. The monoisotopic (exact) mass is 850 g/mol. The largest absolute Gasteiger partial charge is 0.462 e. The summed E-state index contributed by atoms with van der Waals surface area (Å²) in [6, 6.07) is -0.726. The molecular weight excluding hydrogens is 755 g/mol. The Kier molecular flexibility index (Phi) is 45.7. The molecule has 0 bridgehead atoms. The Bertz CT molecular complexity index is 1180. The van der Waals surface area contributed by atoms with Crippen LogP contribution >= 0.6 is 0 Å². The highest BCUT2D eigenvalue weighted by Gasteiger charge is 2.24. The van der Waals surface area contributed by atoms with Crippen LogP contribution in [0.4, 0.5) is 0 Å². The number of hydrogen-bond acceptors (Lipinski definition) is 5. The van der Waals surface area contributed by atoms with Gasteiger partial charge < -0.3 is 20.3 Å². The average molecular weight is 850 g/mol. The van der Waals surface area contributed by atoms with Crippen LogP contribution in [0.15, 0.2) is 85.1 Å². The normalized spacial score (nSPS) is 14.0. The summed E-state index contributed by atoms with van der Waals surface area (Å²) in [6.07, 6.45) is 62.2. The summed E-state index contributed by atoms with van der Waals surface area (Å²) in [4.78, 5) is 26.1. The summed E-state index contributed by atoms with van der Waals surface area (Å²) in [5.41, 5.74) is 0. The Morgan fingerprint density at radius 3 is 1.54 bits per heavy atom. The first-order valence-corrected chi connectivity index (χ1v) is 25.4. The van der Waals surface area contributed by atoms with E-state index < -0.39 is 18.2 Å². The quantitative estimate of drug-likeness (QED) is 0.0246. The van der Waals surface area contributed by atoms with Crippen molar-refractivity contribution in [1.29, 1.82) is 0 Å². The van der Waals surface area contributed by atoms with Crippen molar-refractivity contribution < 1.29 is 24.5 Å². The zero-order valence-corrected chi connectivity index (χ0v) is 39.8. The van der Waals surface area contributed by atoms with E-state index in [1.165, 1.54) is 89.9 Å². The van der Waals surface area contributed by atoms with E-state index in [4.69, 9.17) is 4.74 Å². The third-order valence-electron chi connectivity index (χ3n) is 11.1. The van der Waals surface area contributed by atoms with Gasteiger partial charge in [-0.25, -0.2) is 0 Å². The van der Waals surface area contributed by atoms with Crippen LogP contribution in [0, 0.1) is 0 Å². The SMILES string of the molecule is CC/C=C/C=C/C=C\C=C/CCCCCC(=O)OC(CCCC/C=C/C/C=C/C/C=C/CC)CC(=O)NC(CO)C(O)CCCCCCCCCCCCCCCCCCC. The summed E-state index contributed by atoms with van der Waals surface area (Å²) in [7, 11) is 0. The molecule has 6 nitrogen and oxygen atoms in total. The fourth-order valence-corrected chi connectivity index (χ4v) is 7.28. The van der Waals surface area contributed by atoms with Gasteiger partial charge in [-0.1, -0.05) is 221 Å². The first-order chi connectivity index (χ1) is 30.0. The third-order valence-corrected chi connectivity index (χ3v) is 11.1. The molecule has 3 unspecified atom stereocenters. The van der Waals surface area contributed by atoms with Gasteiger partial charge in [-0.3, -0.25) is 9.59 Å². The molecule has 0 aliphatic carbocycles. The lowest BCUT2D eigenvalue weighted by molar-refractivity contribution is -0.151. The topological polar surface area (TPSA) is 95.9 Å². The Morgan fingerprint density at radius 2 is 0.967 bits per heavy atom. The van der Waals surface area contributed by atoms with E-state index in [1.807, 2.05) is 30.4 Å². The van der Waals surface area contributed by atoms with Gasteiger partial charge in [0.25, 0.3) is 0 Å². The number of unbranched alkanes of at least 4 members (excludes halogenated alkanes) is 21. The minimum Gasteiger partial charge on any atom is -0.462 e. The number of rotatable bonds is 44. The number of ether oxygens (including phenoxy) is 1. The minimum atomic E-state index is -0.809. The number of nitrogens with one attached hydrogen (secondary N) is 1. The second kappa shape index (κ2) is 48.1. The van der Waals surface area contributed by atoms with E-state index in [0.717, 1.165) is 89.9 Å². The zero-order valence-electron chi connectivity index (χ0n) is 39.8. The van der Waals surface area contributed by atoms with Crippen LogP contribution in [0.25, 0.3) is 0 Å². The van der Waals surface area contributed by atoms with Gasteiger partial charge in [-0.05, 0) is 77.0 Å². The molecule has 0 radical (unpaired) electrons. The second-order valence-corrected chi connectivity index (χ2v) is 16.9. The van der Waals surface area contributed by atoms with E-state index in [2.05, 4.69) is 80.8 Å². The molecule has 0 aliphatic heterocycles. The van der Waals surface area contributed by atoms with Crippen LogP contribution in [0.2, 0.25) is 0 Å². The molecule has 0 heterocycles. The molecule has 0 spiro atoms. The Morgan fingerprint density at radius 1 is 0.508 bits per heavy atom. The van der Waals surface area contributed by atoms with Gasteiger partial charge in [0, 0.05) is 6.42 Å². The molecule has 0 aromatic rings. The third kappa shape index (κ3) is 43.5. The molecule has 0 saturated carbocycles. The first kappa shape index (κ1) is 58.0. The number of esters is 1. The van der Waals surface area contributed by atoms with Gasteiger partial charge in [-0.15, -0.1) is 0 Å². The molecule has 0 aliphatic rings. The van der Waals surface area contributed by atoms with Crippen molar-refractivity contribution in [3.05, 3.63) is 85.1 Å². The van der Waals surface area contributed by atoms with Crippen molar-refractivity contribution in [2.24, 2.45) is 0 Å². The lowest BCUT2D eigenvalue weighted by atomic mass is 10.0. The molecule has 0 saturated heterocycles. The fraction of sp³-hybridized carbons (Fsp3) is 0.709.